The van der Waals surface area contributed by atoms with Crippen molar-refractivity contribution in [2.24, 2.45) is 11.3 Å². The van der Waals surface area contributed by atoms with Crippen LogP contribution >= 0.6 is 0 Å². The zero-order valence-electron chi connectivity index (χ0n) is 11.5. The van der Waals surface area contributed by atoms with Crippen molar-refractivity contribution >= 4 is 5.78 Å². The quantitative estimate of drug-likeness (QED) is 0.670. The maximum Gasteiger partial charge on any atom is 0.130 e. The van der Waals surface area contributed by atoms with E-state index in [1.54, 1.807) is 0 Å². The van der Waals surface area contributed by atoms with Crippen LogP contribution in [0, 0.1) is 11.3 Å². The second kappa shape index (κ2) is 5.65. The SMILES string of the molecule is CC(=O)CC1C(O)C(O)C(CO)OC1C(C)(C)C. The van der Waals surface area contributed by atoms with Crippen LogP contribution in [-0.2, 0) is 9.53 Å². The van der Waals surface area contributed by atoms with Crippen molar-refractivity contribution in [3.05, 3.63) is 0 Å². The lowest BCUT2D eigenvalue weighted by Crippen LogP contribution is -2.59. The summed E-state index contributed by atoms with van der Waals surface area (Å²) in [5.74, 6) is -0.494. The molecule has 1 aliphatic heterocycles. The molecule has 0 aromatic heterocycles. The minimum atomic E-state index is -1.15. The van der Waals surface area contributed by atoms with Gasteiger partial charge in [-0.2, -0.15) is 0 Å². The lowest BCUT2D eigenvalue weighted by atomic mass is 9.73. The Labute approximate surface area is 108 Å². The molecule has 1 fully saturated rings. The molecule has 1 saturated heterocycles. The Hall–Kier alpha value is -0.490. The maximum atomic E-state index is 11.3. The van der Waals surface area contributed by atoms with Gasteiger partial charge in [0, 0.05) is 12.3 Å². The van der Waals surface area contributed by atoms with Crippen LogP contribution in [0.4, 0.5) is 0 Å². The van der Waals surface area contributed by atoms with Crippen LogP contribution < -0.4 is 0 Å². The molecule has 0 spiro atoms. The van der Waals surface area contributed by atoms with Crippen LogP contribution in [0.2, 0.25) is 0 Å². The van der Waals surface area contributed by atoms with Crippen molar-refractivity contribution in [3.63, 3.8) is 0 Å². The summed E-state index contributed by atoms with van der Waals surface area (Å²) in [6.07, 6.45) is -3.22. The van der Waals surface area contributed by atoms with Gasteiger partial charge in [-0.25, -0.2) is 0 Å². The first kappa shape index (κ1) is 15.6. The highest BCUT2D eigenvalue weighted by Crippen LogP contribution is 2.38. The number of Topliss-reactive ketones (excluding diaryl/α,β-unsaturated/α-hetero) is 1. The highest BCUT2D eigenvalue weighted by Gasteiger charge is 2.48. The molecule has 18 heavy (non-hydrogen) atoms. The zero-order chi connectivity index (χ0) is 14.1. The van der Waals surface area contributed by atoms with Crippen molar-refractivity contribution in [1.29, 1.82) is 0 Å². The van der Waals surface area contributed by atoms with Gasteiger partial charge < -0.3 is 24.9 Å². The average Bonchev–Trinajstić information content (AvgIpc) is 2.23. The summed E-state index contributed by atoms with van der Waals surface area (Å²) in [6.45, 7) is 6.95. The summed E-state index contributed by atoms with van der Waals surface area (Å²) < 4.78 is 5.68. The number of ketones is 1. The van der Waals surface area contributed by atoms with Crippen molar-refractivity contribution in [2.45, 2.75) is 58.5 Å². The Morgan fingerprint density at radius 2 is 1.78 bits per heavy atom. The van der Waals surface area contributed by atoms with E-state index in [0.717, 1.165) is 0 Å². The molecule has 0 aromatic rings. The van der Waals surface area contributed by atoms with Crippen LogP contribution in [0.5, 0.6) is 0 Å². The summed E-state index contributed by atoms with van der Waals surface area (Å²) in [4.78, 5) is 11.3. The second-order valence-corrected chi connectivity index (χ2v) is 6.19. The van der Waals surface area contributed by atoms with E-state index in [0.29, 0.717) is 0 Å². The Bertz CT molecular complexity index is 296. The van der Waals surface area contributed by atoms with E-state index in [4.69, 9.17) is 9.84 Å². The van der Waals surface area contributed by atoms with Gasteiger partial charge in [0.25, 0.3) is 0 Å². The van der Waals surface area contributed by atoms with Gasteiger partial charge in [0.05, 0.1) is 18.8 Å². The first-order valence-electron chi connectivity index (χ1n) is 6.30. The Balaban J connectivity index is 2.98. The fourth-order valence-electron chi connectivity index (χ4n) is 2.58. The molecule has 3 N–H and O–H groups in total. The molecule has 0 aliphatic carbocycles. The van der Waals surface area contributed by atoms with Crippen molar-refractivity contribution < 1.29 is 24.9 Å². The number of ether oxygens (including phenoxy) is 1. The molecule has 0 radical (unpaired) electrons. The third-order valence-corrected chi connectivity index (χ3v) is 3.44. The van der Waals surface area contributed by atoms with Gasteiger partial charge in [0.2, 0.25) is 0 Å². The van der Waals surface area contributed by atoms with E-state index in [9.17, 15) is 15.0 Å². The van der Waals surface area contributed by atoms with Gasteiger partial charge in [0.1, 0.15) is 18.0 Å². The van der Waals surface area contributed by atoms with Gasteiger partial charge in [-0.05, 0) is 12.3 Å². The molecule has 0 bridgehead atoms. The number of aliphatic hydroxyl groups is 3. The van der Waals surface area contributed by atoms with Crippen molar-refractivity contribution in [2.75, 3.05) is 6.61 Å². The predicted molar refractivity (Wildman–Crippen MR) is 66.0 cm³/mol. The summed E-state index contributed by atoms with van der Waals surface area (Å²) >= 11 is 0. The smallest absolute Gasteiger partial charge is 0.130 e. The lowest BCUT2D eigenvalue weighted by molar-refractivity contribution is -0.232. The second-order valence-electron chi connectivity index (χ2n) is 6.19. The summed E-state index contributed by atoms with van der Waals surface area (Å²) in [5.41, 5.74) is -0.283. The van der Waals surface area contributed by atoms with Crippen molar-refractivity contribution in [3.8, 4) is 0 Å². The fourth-order valence-corrected chi connectivity index (χ4v) is 2.58. The molecule has 0 aromatic carbocycles. The van der Waals surface area contributed by atoms with E-state index >= 15 is 0 Å². The number of rotatable bonds is 3. The molecule has 5 unspecified atom stereocenters. The van der Waals surface area contributed by atoms with E-state index in [1.807, 2.05) is 20.8 Å². The number of hydrogen-bond donors (Lipinski definition) is 3. The third kappa shape index (κ3) is 3.29. The Morgan fingerprint density at radius 1 is 1.22 bits per heavy atom. The molecule has 1 rings (SSSR count). The first-order chi connectivity index (χ1) is 8.18. The molecule has 1 heterocycles. The molecule has 5 heteroatoms. The van der Waals surface area contributed by atoms with Gasteiger partial charge >= 0.3 is 0 Å². The predicted octanol–water partition coefficient (Wildman–Crippen LogP) is 0.109. The molecule has 0 amide bonds. The number of carbonyl (C=O) groups excluding carboxylic acids is 1. The molecule has 5 atom stereocenters. The Morgan fingerprint density at radius 3 is 2.17 bits per heavy atom. The van der Waals surface area contributed by atoms with Gasteiger partial charge in [-0.3, -0.25) is 0 Å². The van der Waals surface area contributed by atoms with Gasteiger partial charge in [-0.15, -0.1) is 0 Å². The minimum Gasteiger partial charge on any atom is -0.394 e. The molecule has 0 saturated carbocycles. The van der Waals surface area contributed by atoms with E-state index in [-0.39, 0.29) is 30.3 Å². The fraction of sp³-hybridized carbons (Fsp3) is 0.923. The Kier molecular flexibility index (Phi) is 4.89. The van der Waals surface area contributed by atoms with Crippen LogP contribution in [0.25, 0.3) is 0 Å². The molecule has 106 valence electrons. The topological polar surface area (TPSA) is 87.0 Å². The number of hydrogen-bond acceptors (Lipinski definition) is 5. The summed E-state index contributed by atoms with van der Waals surface area (Å²) in [7, 11) is 0. The lowest BCUT2D eigenvalue weighted by Gasteiger charge is -2.47. The molecule has 5 nitrogen and oxygen atoms in total. The highest BCUT2D eigenvalue weighted by atomic mass is 16.5. The van der Waals surface area contributed by atoms with Gasteiger partial charge in [0.15, 0.2) is 0 Å². The van der Waals surface area contributed by atoms with Crippen LogP contribution in [0.3, 0.4) is 0 Å². The van der Waals surface area contributed by atoms with Crippen LogP contribution in [0.15, 0.2) is 0 Å². The standard InChI is InChI=1S/C13H24O5/c1-7(15)5-8-10(16)11(17)9(6-14)18-12(8)13(2,3)4/h8-12,14,16-17H,5-6H2,1-4H3. The third-order valence-electron chi connectivity index (χ3n) is 3.44. The van der Waals surface area contributed by atoms with Crippen LogP contribution in [0.1, 0.15) is 34.1 Å². The largest absolute Gasteiger partial charge is 0.394 e. The highest BCUT2D eigenvalue weighted by molar-refractivity contribution is 5.75. The monoisotopic (exact) mass is 260 g/mol. The minimum absolute atomic E-state index is 0.0495. The van der Waals surface area contributed by atoms with E-state index < -0.39 is 24.2 Å². The van der Waals surface area contributed by atoms with Crippen LogP contribution in [-0.4, -0.2) is 52.1 Å². The zero-order valence-corrected chi connectivity index (χ0v) is 11.5. The van der Waals surface area contributed by atoms with E-state index in [2.05, 4.69) is 0 Å². The van der Waals surface area contributed by atoms with Gasteiger partial charge in [-0.1, -0.05) is 20.8 Å². The van der Waals surface area contributed by atoms with E-state index in [1.165, 1.54) is 6.92 Å². The maximum absolute atomic E-state index is 11.3. The number of carbonyl (C=O) groups is 1. The molecular formula is C13H24O5. The molecular weight excluding hydrogens is 236 g/mol. The normalized spacial score (nSPS) is 37.6. The van der Waals surface area contributed by atoms with Crippen molar-refractivity contribution in [1.82, 2.24) is 0 Å². The summed E-state index contributed by atoms with van der Waals surface area (Å²) in [6, 6.07) is 0. The average molecular weight is 260 g/mol. The summed E-state index contributed by atoms with van der Waals surface area (Å²) in [5, 5.41) is 29.2. The number of aliphatic hydroxyl groups excluding tert-OH is 3. The first-order valence-corrected chi connectivity index (χ1v) is 6.30. The molecule has 1 aliphatic rings.